The van der Waals surface area contributed by atoms with E-state index in [1.807, 2.05) is 0 Å². The molecule has 21 nitrogen and oxygen atoms in total. The van der Waals surface area contributed by atoms with Crippen LogP contribution in [0.3, 0.4) is 0 Å². The van der Waals surface area contributed by atoms with Gasteiger partial charge in [0.05, 0.1) is 47.6 Å². The van der Waals surface area contributed by atoms with E-state index < -0.39 is 49.4 Å². The Hall–Kier alpha value is -9.06. The number of fused-ring (bicyclic) bond motifs is 3. The molecular formula is C57H45CeN3O18. The number of ketones is 3. The van der Waals surface area contributed by atoms with Crippen LogP contribution in [0.2, 0.25) is 0 Å². The minimum atomic E-state index is -0.769. The van der Waals surface area contributed by atoms with Crippen LogP contribution in [0.25, 0.3) is 32.9 Å². The number of non-ortho nitro benzene ring substituents is 3. The number of rotatable bonds is 15. The number of benzene rings is 6. The molecule has 0 amide bonds. The van der Waals surface area contributed by atoms with Crippen molar-refractivity contribution in [1.82, 2.24) is 0 Å². The van der Waals surface area contributed by atoms with Crippen LogP contribution < -0.4 is 16.9 Å². The van der Waals surface area contributed by atoms with E-state index in [0.29, 0.717) is 32.8 Å². The molecule has 0 aliphatic heterocycles. The average molecular weight is 1200 g/mol. The standard InChI is InChI=1S/3C19H15NO6.Ce/c3*1-11(21)10-15(12-6-8-13(9-7-12)20(24)25)17-18(22)14-4-2-3-5-16(14)26-19(17)23;/h3*2-9,15,22H,10H2,1H3;. The van der Waals surface area contributed by atoms with Gasteiger partial charge in [-0.2, -0.15) is 0 Å². The Morgan fingerprint density at radius 1 is 0.405 bits per heavy atom. The van der Waals surface area contributed by atoms with E-state index in [2.05, 4.69) is 0 Å². The minimum absolute atomic E-state index is 0. The molecule has 3 unspecified atom stereocenters. The Kier molecular flexibility index (Phi) is 19.4. The topological polar surface area (TPSA) is 332 Å². The zero-order valence-electron chi connectivity index (χ0n) is 42.0. The number of nitro benzene ring substituents is 3. The van der Waals surface area contributed by atoms with E-state index in [-0.39, 0.29) is 146 Å². The van der Waals surface area contributed by atoms with E-state index in [0.717, 1.165) is 0 Å². The summed E-state index contributed by atoms with van der Waals surface area (Å²) in [7, 11) is 0. The normalized spacial score (nSPS) is 11.9. The van der Waals surface area contributed by atoms with E-state index >= 15 is 0 Å². The largest absolute Gasteiger partial charge is 0.507 e. The maximum absolute atomic E-state index is 12.5. The van der Waals surface area contributed by atoms with Gasteiger partial charge < -0.3 is 28.6 Å². The summed E-state index contributed by atoms with van der Waals surface area (Å²) in [5, 5.41) is 65.5. The van der Waals surface area contributed by atoms with Crippen LogP contribution in [0.15, 0.2) is 173 Å². The molecule has 400 valence electrons. The fourth-order valence-electron chi connectivity index (χ4n) is 8.87. The van der Waals surface area contributed by atoms with Gasteiger partial charge in [0, 0.05) is 115 Å². The maximum atomic E-state index is 12.5. The molecule has 0 bridgehead atoms. The van der Waals surface area contributed by atoms with Crippen molar-refractivity contribution < 1.29 is 99.5 Å². The predicted molar refractivity (Wildman–Crippen MR) is 283 cm³/mol. The van der Waals surface area contributed by atoms with Crippen LogP contribution in [0.4, 0.5) is 17.1 Å². The summed E-state index contributed by atoms with van der Waals surface area (Å²) in [6.07, 6.45) is -0.141. The fraction of sp³-hybridized carbons (Fsp3) is 0.158. The summed E-state index contributed by atoms with van der Waals surface area (Å²) in [6, 6.07) is 36.2. The van der Waals surface area contributed by atoms with Gasteiger partial charge in [-0.15, -0.1) is 0 Å². The molecule has 0 saturated carbocycles. The summed E-state index contributed by atoms with van der Waals surface area (Å²) in [6.45, 7) is 4.12. The zero-order valence-corrected chi connectivity index (χ0v) is 45.2. The van der Waals surface area contributed by atoms with Crippen molar-refractivity contribution in [2.24, 2.45) is 0 Å². The van der Waals surface area contributed by atoms with Crippen molar-refractivity contribution in [3.8, 4) is 17.2 Å². The summed E-state index contributed by atoms with van der Waals surface area (Å²) < 4.78 is 15.9. The SMILES string of the molecule is CC(=O)CC(c1ccc([N+](=O)[O-])cc1)c1c(O)c2ccccc2oc1=O.CC(=O)CC(c1ccc([N+](=O)[O-])cc1)c1c(O)c2ccccc2oc1=O.CC(=O)CC(c1ccc([N+](=O)[O-])cc1)c1c(O)c2ccccc2oc1=O.[Ce]. The molecule has 22 heteroatoms. The number of aromatic hydroxyl groups is 3. The number of hydrogen-bond donors (Lipinski definition) is 3. The van der Waals surface area contributed by atoms with Crippen LogP contribution in [-0.2, 0) is 14.4 Å². The van der Waals surface area contributed by atoms with Gasteiger partial charge in [0.15, 0.2) is 0 Å². The van der Waals surface area contributed by atoms with Gasteiger partial charge in [0.2, 0.25) is 0 Å². The van der Waals surface area contributed by atoms with E-state index in [9.17, 15) is 74.4 Å². The van der Waals surface area contributed by atoms with E-state index in [1.54, 1.807) is 72.8 Å². The fourth-order valence-corrected chi connectivity index (χ4v) is 8.87. The average Bonchev–Trinajstić information content (AvgIpc) is 3.54. The molecule has 3 N–H and O–H groups in total. The van der Waals surface area contributed by atoms with Crippen molar-refractivity contribution in [2.75, 3.05) is 0 Å². The second-order valence-corrected chi connectivity index (χ2v) is 17.9. The summed E-state index contributed by atoms with van der Waals surface area (Å²) in [4.78, 5) is 104. The Morgan fingerprint density at radius 2 is 0.620 bits per heavy atom. The maximum Gasteiger partial charge on any atom is 0.343 e. The molecule has 0 aliphatic carbocycles. The number of carbonyl (C=O) groups is 3. The van der Waals surface area contributed by atoms with Gasteiger partial charge in [0.1, 0.15) is 51.3 Å². The van der Waals surface area contributed by atoms with Crippen LogP contribution >= 0.6 is 0 Å². The van der Waals surface area contributed by atoms with Crippen LogP contribution in [0, 0.1) is 72.1 Å². The van der Waals surface area contributed by atoms with Gasteiger partial charge in [-0.05, 0) is 73.9 Å². The second-order valence-electron chi connectivity index (χ2n) is 17.9. The number of hydrogen-bond acceptors (Lipinski definition) is 18. The number of nitrogens with zero attached hydrogens (tertiary/aromatic N) is 3. The first kappa shape index (κ1) is 59.2. The van der Waals surface area contributed by atoms with Gasteiger partial charge >= 0.3 is 16.9 Å². The molecule has 3 aromatic heterocycles. The van der Waals surface area contributed by atoms with Crippen molar-refractivity contribution in [1.29, 1.82) is 0 Å². The van der Waals surface area contributed by atoms with Gasteiger partial charge in [-0.1, -0.05) is 72.8 Å². The predicted octanol–water partition coefficient (Wildman–Crippen LogP) is 10.6. The van der Waals surface area contributed by atoms with E-state index in [1.165, 1.54) is 93.6 Å². The molecule has 9 rings (SSSR count). The Balaban J connectivity index is 0.000000190. The third-order valence-electron chi connectivity index (χ3n) is 12.5. The molecule has 0 fully saturated rings. The number of Topliss-reactive ketones (excluding diaryl/α,β-unsaturated/α-hetero) is 3. The van der Waals surface area contributed by atoms with E-state index in [4.69, 9.17) is 13.3 Å². The molecule has 0 saturated heterocycles. The molecule has 0 radical (unpaired) electrons. The first-order valence-electron chi connectivity index (χ1n) is 23.6. The van der Waals surface area contributed by atoms with Crippen molar-refractivity contribution in [3.05, 3.63) is 241 Å². The third kappa shape index (κ3) is 13.7. The molecule has 0 aliphatic rings. The van der Waals surface area contributed by atoms with Crippen LogP contribution in [-0.4, -0.2) is 47.4 Å². The molecule has 3 heterocycles. The molecule has 0 spiro atoms. The van der Waals surface area contributed by atoms with Gasteiger partial charge in [-0.3, -0.25) is 44.7 Å². The monoisotopic (exact) mass is 1200 g/mol. The zero-order chi connectivity index (χ0) is 56.5. The first-order valence-corrected chi connectivity index (χ1v) is 23.6. The summed E-state index contributed by atoms with van der Waals surface area (Å²) in [5.74, 6) is -3.64. The quantitative estimate of drug-likeness (QED) is 0.0488. The Bertz CT molecular complexity index is 3570. The molecule has 79 heavy (non-hydrogen) atoms. The third-order valence-corrected chi connectivity index (χ3v) is 12.5. The van der Waals surface area contributed by atoms with Crippen molar-refractivity contribution >= 4 is 67.3 Å². The number of nitro groups is 3. The Morgan fingerprint density at radius 3 is 0.823 bits per heavy atom. The number of carbonyl (C=O) groups excluding carboxylic acids is 3. The molecule has 3 atom stereocenters. The first-order chi connectivity index (χ1) is 37.1. The van der Waals surface area contributed by atoms with Gasteiger partial charge in [-0.25, -0.2) is 14.4 Å². The van der Waals surface area contributed by atoms with Crippen molar-refractivity contribution in [3.63, 3.8) is 0 Å². The molecule has 9 aromatic rings. The summed E-state index contributed by atoms with van der Waals surface area (Å²) >= 11 is 0. The molecular weight excluding hydrogens is 1150 g/mol. The minimum Gasteiger partial charge on any atom is -0.507 e. The molecule has 6 aromatic carbocycles. The van der Waals surface area contributed by atoms with Crippen LogP contribution in [0.5, 0.6) is 17.2 Å². The smallest absolute Gasteiger partial charge is 0.343 e. The van der Waals surface area contributed by atoms with Crippen molar-refractivity contribution in [2.45, 2.75) is 57.8 Å². The Labute approximate surface area is 479 Å². The second kappa shape index (κ2) is 25.9. The van der Waals surface area contributed by atoms with Crippen LogP contribution in [0.1, 0.15) is 91.2 Å². The van der Waals surface area contributed by atoms with Gasteiger partial charge in [0.25, 0.3) is 17.1 Å². The summed E-state index contributed by atoms with van der Waals surface area (Å²) in [5.41, 5.74) is -0.427. The number of para-hydroxylation sites is 3.